The number of nitrogens with zero attached hydrogens (tertiary/aromatic N) is 1. The van der Waals surface area contributed by atoms with Gasteiger partial charge in [-0.05, 0) is 53.5 Å². The maximum atomic E-state index is 4.25. The molecule has 0 radical (unpaired) electrons. The number of hydrogen-bond acceptors (Lipinski definition) is 1. The Labute approximate surface area is 95.5 Å². The average Bonchev–Trinajstić information content (AvgIpc) is 2.49. The normalized spacial score (nSPS) is 28.3. The zero-order chi connectivity index (χ0) is 11.7. The fraction of sp³-hybridized carbons (Fsp3) is 0.857. The van der Waals surface area contributed by atoms with Gasteiger partial charge >= 0.3 is 0 Å². The van der Waals surface area contributed by atoms with E-state index in [1.54, 1.807) is 0 Å². The molecule has 15 heavy (non-hydrogen) atoms. The fourth-order valence-electron chi connectivity index (χ4n) is 3.19. The van der Waals surface area contributed by atoms with Crippen molar-refractivity contribution >= 4 is 0 Å². The first kappa shape index (κ1) is 12.8. The van der Waals surface area contributed by atoms with Crippen molar-refractivity contribution in [3.8, 4) is 0 Å². The zero-order valence-corrected chi connectivity index (χ0v) is 11.2. The highest BCUT2D eigenvalue weighted by molar-refractivity contribution is 5.19. The van der Waals surface area contributed by atoms with Crippen LogP contribution in [-0.2, 0) is 0 Å². The Morgan fingerprint density at radius 2 is 2.00 bits per heavy atom. The number of hydrogen-bond donors (Lipinski definition) is 0. The third kappa shape index (κ3) is 2.28. The molecule has 0 aromatic rings. The second-order valence-corrected chi connectivity index (χ2v) is 5.99. The monoisotopic (exact) mass is 209 g/mol. The van der Waals surface area contributed by atoms with Gasteiger partial charge in [0.25, 0.3) is 0 Å². The van der Waals surface area contributed by atoms with E-state index in [4.69, 9.17) is 0 Å². The van der Waals surface area contributed by atoms with E-state index >= 15 is 0 Å². The summed E-state index contributed by atoms with van der Waals surface area (Å²) in [6.45, 7) is 16.9. The minimum atomic E-state index is 0.268. The van der Waals surface area contributed by atoms with Crippen LogP contribution in [0.1, 0.15) is 60.3 Å². The summed E-state index contributed by atoms with van der Waals surface area (Å²) in [6, 6.07) is 0. The van der Waals surface area contributed by atoms with Gasteiger partial charge in [-0.15, -0.1) is 0 Å². The lowest BCUT2D eigenvalue weighted by molar-refractivity contribution is 0.0609. The van der Waals surface area contributed by atoms with E-state index in [9.17, 15) is 0 Å². The fourth-order valence-corrected chi connectivity index (χ4v) is 3.19. The molecule has 0 aromatic carbocycles. The molecule has 0 aromatic heterocycles. The van der Waals surface area contributed by atoms with E-state index in [-0.39, 0.29) is 11.1 Å². The summed E-state index contributed by atoms with van der Waals surface area (Å²) in [4.78, 5) is 2.67. The molecule has 1 aliphatic rings. The number of likely N-dealkylation sites (tertiary alicyclic amines) is 1. The molecular weight excluding hydrogens is 182 g/mol. The summed E-state index contributed by atoms with van der Waals surface area (Å²) in [7, 11) is 0. The molecule has 0 N–H and O–H groups in total. The third-order valence-electron chi connectivity index (χ3n) is 3.76. The SMILES string of the molecule is C=C(C)C1(CCC)CCCN1C(C)(C)C. The van der Waals surface area contributed by atoms with Crippen LogP contribution in [0.2, 0.25) is 0 Å². The Balaban J connectivity index is 3.00. The van der Waals surface area contributed by atoms with Crippen LogP contribution < -0.4 is 0 Å². The molecule has 1 saturated heterocycles. The van der Waals surface area contributed by atoms with Gasteiger partial charge in [0, 0.05) is 11.1 Å². The highest BCUT2D eigenvalue weighted by Gasteiger charge is 2.45. The Bertz CT molecular complexity index is 236. The van der Waals surface area contributed by atoms with Gasteiger partial charge in [0.15, 0.2) is 0 Å². The van der Waals surface area contributed by atoms with Crippen LogP contribution in [0.5, 0.6) is 0 Å². The summed E-state index contributed by atoms with van der Waals surface area (Å²) in [6.07, 6.45) is 5.14. The van der Waals surface area contributed by atoms with E-state index in [0.29, 0.717) is 0 Å². The van der Waals surface area contributed by atoms with Crippen molar-refractivity contribution in [3.63, 3.8) is 0 Å². The molecule has 1 heteroatoms. The summed E-state index contributed by atoms with van der Waals surface area (Å²) in [5, 5.41) is 0. The van der Waals surface area contributed by atoms with Crippen molar-refractivity contribution in [2.75, 3.05) is 6.54 Å². The first-order valence-electron chi connectivity index (χ1n) is 6.28. The van der Waals surface area contributed by atoms with Gasteiger partial charge in [-0.3, -0.25) is 4.90 Å². The maximum absolute atomic E-state index is 4.25. The highest BCUT2D eigenvalue weighted by Crippen LogP contribution is 2.42. The molecule has 1 heterocycles. The van der Waals surface area contributed by atoms with Crippen molar-refractivity contribution in [1.29, 1.82) is 0 Å². The standard InChI is InChI=1S/C14H27N/c1-7-9-14(12(2)3)10-8-11-15(14)13(4,5)6/h2,7-11H2,1,3-6H3. The van der Waals surface area contributed by atoms with Gasteiger partial charge in [-0.25, -0.2) is 0 Å². The van der Waals surface area contributed by atoms with Crippen LogP contribution in [0.25, 0.3) is 0 Å². The first-order valence-corrected chi connectivity index (χ1v) is 6.28. The first-order chi connectivity index (χ1) is 6.84. The van der Waals surface area contributed by atoms with E-state index in [0.717, 1.165) is 0 Å². The van der Waals surface area contributed by atoms with Crippen molar-refractivity contribution in [3.05, 3.63) is 12.2 Å². The lowest BCUT2D eigenvalue weighted by atomic mass is 9.82. The van der Waals surface area contributed by atoms with Crippen molar-refractivity contribution < 1.29 is 0 Å². The molecule has 0 amide bonds. The zero-order valence-electron chi connectivity index (χ0n) is 11.2. The van der Waals surface area contributed by atoms with Crippen LogP contribution >= 0.6 is 0 Å². The second-order valence-electron chi connectivity index (χ2n) is 5.99. The quantitative estimate of drug-likeness (QED) is 0.635. The molecule has 1 atom stereocenters. The summed E-state index contributed by atoms with van der Waals surface area (Å²) >= 11 is 0. The Hall–Kier alpha value is -0.300. The molecule has 1 aliphatic heterocycles. The lowest BCUT2D eigenvalue weighted by Gasteiger charge is -2.47. The van der Waals surface area contributed by atoms with Crippen molar-refractivity contribution in [2.45, 2.75) is 71.4 Å². The van der Waals surface area contributed by atoms with Crippen LogP contribution in [-0.4, -0.2) is 22.5 Å². The minimum Gasteiger partial charge on any atom is -0.289 e. The molecule has 0 saturated carbocycles. The molecule has 1 unspecified atom stereocenters. The second kappa shape index (κ2) is 4.29. The van der Waals surface area contributed by atoms with Gasteiger partial charge in [-0.1, -0.05) is 25.5 Å². The van der Waals surface area contributed by atoms with Gasteiger partial charge in [-0.2, -0.15) is 0 Å². The van der Waals surface area contributed by atoms with Crippen LogP contribution in [0.4, 0.5) is 0 Å². The third-order valence-corrected chi connectivity index (χ3v) is 3.76. The van der Waals surface area contributed by atoms with Crippen LogP contribution in [0.15, 0.2) is 12.2 Å². The number of rotatable bonds is 3. The molecule has 1 fully saturated rings. The van der Waals surface area contributed by atoms with Crippen LogP contribution in [0, 0.1) is 0 Å². The van der Waals surface area contributed by atoms with Gasteiger partial charge < -0.3 is 0 Å². The van der Waals surface area contributed by atoms with Gasteiger partial charge in [0.1, 0.15) is 0 Å². The summed E-state index contributed by atoms with van der Waals surface area (Å²) < 4.78 is 0. The van der Waals surface area contributed by atoms with Gasteiger partial charge in [0.2, 0.25) is 0 Å². The highest BCUT2D eigenvalue weighted by atomic mass is 15.3. The predicted octanol–water partition coefficient (Wildman–Crippen LogP) is 4.00. The Morgan fingerprint density at radius 3 is 2.40 bits per heavy atom. The Kier molecular flexibility index (Phi) is 3.65. The molecule has 0 bridgehead atoms. The van der Waals surface area contributed by atoms with Crippen LogP contribution in [0.3, 0.4) is 0 Å². The lowest BCUT2D eigenvalue weighted by Crippen LogP contribution is -2.53. The summed E-state index contributed by atoms with van der Waals surface area (Å²) in [5.74, 6) is 0. The average molecular weight is 209 g/mol. The topological polar surface area (TPSA) is 3.24 Å². The van der Waals surface area contributed by atoms with Crippen molar-refractivity contribution in [2.24, 2.45) is 0 Å². The summed E-state index contributed by atoms with van der Waals surface area (Å²) in [5.41, 5.74) is 1.91. The maximum Gasteiger partial charge on any atom is 0.0420 e. The van der Waals surface area contributed by atoms with E-state index in [1.165, 1.54) is 37.8 Å². The predicted molar refractivity (Wildman–Crippen MR) is 68.1 cm³/mol. The molecule has 1 rings (SSSR count). The van der Waals surface area contributed by atoms with E-state index in [1.807, 2.05) is 0 Å². The smallest absolute Gasteiger partial charge is 0.0420 e. The molecular formula is C14H27N. The van der Waals surface area contributed by atoms with E-state index in [2.05, 4.69) is 46.1 Å². The minimum absolute atomic E-state index is 0.268. The molecule has 1 nitrogen and oxygen atoms in total. The molecule has 0 aliphatic carbocycles. The van der Waals surface area contributed by atoms with Gasteiger partial charge in [0.05, 0.1) is 0 Å². The molecule has 88 valence electrons. The Morgan fingerprint density at radius 1 is 1.40 bits per heavy atom. The largest absolute Gasteiger partial charge is 0.289 e. The van der Waals surface area contributed by atoms with E-state index < -0.39 is 0 Å². The van der Waals surface area contributed by atoms with Crippen molar-refractivity contribution in [1.82, 2.24) is 4.90 Å². The molecule has 0 spiro atoms.